The van der Waals surface area contributed by atoms with Crippen molar-refractivity contribution in [3.05, 3.63) is 41.5 Å². The molecule has 60 valence electrons. The van der Waals surface area contributed by atoms with Crippen molar-refractivity contribution in [1.29, 1.82) is 0 Å². The van der Waals surface area contributed by atoms with Gasteiger partial charge in [0.1, 0.15) is 0 Å². The number of fused-ring (bicyclic) bond motifs is 5. The van der Waals surface area contributed by atoms with Crippen LogP contribution in [0, 0.1) is 0 Å². The summed E-state index contributed by atoms with van der Waals surface area (Å²) >= 11 is 0. The highest BCUT2D eigenvalue weighted by atomic mass is 14.5. The van der Waals surface area contributed by atoms with Crippen molar-refractivity contribution in [3.8, 4) is 0 Å². The third kappa shape index (κ3) is 0.638. The predicted octanol–water partition coefficient (Wildman–Crippen LogP) is 2.41. The van der Waals surface area contributed by atoms with Gasteiger partial charge in [-0.05, 0) is 29.7 Å². The summed E-state index contributed by atoms with van der Waals surface area (Å²) in [5.74, 6) is 1.35. The summed E-state index contributed by atoms with van der Waals surface area (Å²) < 4.78 is 0. The third-order valence-electron chi connectivity index (χ3n) is 2.99. The molecule has 2 atom stereocenters. The Balaban J connectivity index is 2.24. The molecule has 12 heavy (non-hydrogen) atoms. The van der Waals surface area contributed by atoms with Gasteiger partial charge in [0.25, 0.3) is 0 Å². The van der Waals surface area contributed by atoms with Gasteiger partial charge >= 0.3 is 0 Å². The Morgan fingerprint density at radius 3 is 2.67 bits per heavy atom. The van der Waals surface area contributed by atoms with Crippen molar-refractivity contribution in [2.45, 2.75) is 18.3 Å². The second-order valence-electron chi connectivity index (χ2n) is 3.72. The number of anilines is 1. The lowest BCUT2D eigenvalue weighted by molar-refractivity contribution is 0.804. The van der Waals surface area contributed by atoms with E-state index in [4.69, 9.17) is 5.73 Å². The van der Waals surface area contributed by atoms with Crippen LogP contribution in [0.15, 0.2) is 30.4 Å². The highest BCUT2D eigenvalue weighted by molar-refractivity contribution is 5.54. The summed E-state index contributed by atoms with van der Waals surface area (Å²) in [4.78, 5) is 0. The number of rotatable bonds is 0. The van der Waals surface area contributed by atoms with E-state index in [9.17, 15) is 0 Å². The summed E-state index contributed by atoms with van der Waals surface area (Å²) in [5.41, 5.74) is 9.59. The van der Waals surface area contributed by atoms with Gasteiger partial charge in [-0.2, -0.15) is 0 Å². The summed E-state index contributed by atoms with van der Waals surface area (Å²) in [7, 11) is 0. The van der Waals surface area contributed by atoms with Crippen molar-refractivity contribution < 1.29 is 0 Å². The Morgan fingerprint density at radius 2 is 1.83 bits per heavy atom. The van der Waals surface area contributed by atoms with Gasteiger partial charge in [-0.3, -0.25) is 0 Å². The molecule has 0 amide bonds. The van der Waals surface area contributed by atoms with Gasteiger partial charge in [0.05, 0.1) is 0 Å². The van der Waals surface area contributed by atoms with Gasteiger partial charge in [-0.25, -0.2) is 0 Å². The Labute approximate surface area is 71.9 Å². The molecule has 0 heterocycles. The average Bonchev–Trinajstić information content (AvgIpc) is 2.63. The fourth-order valence-corrected chi connectivity index (χ4v) is 2.41. The van der Waals surface area contributed by atoms with Crippen molar-refractivity contribution in [1.82, 2.24) is 0 Å². The number of nitrogens with two attached hydrogens (primary N) is 1. The molecule has 2 bridgehead atoms. The monoisotopic (exact) mass is 157 g/mol. The van der Waals surface area contributed by atoms with Crippen molar-refractivity contribution in [2.24, 2.45) is 0 Å². The quantitative estimate of drug-likeness (QED) is 0.454. The van der Waals surface area contributed by atoms with Gasteiger partial charge < -0.3 is 5.73 Å². The van der Waals surface area contributed by atoms with E-state index in [0.29, 0.717) is 11.8 Å². The molecule has 0 saturated carbocycles. The van der Waals surface area contributed by atoms with Crippen molar-refractivity contribution in [2.75, 3.05) is 5.73 Å². The Morgan fingerprint density at radius 1 is 1.08 bits per heavy atom. The highest BCUT2D eigenvalue weighted by Gasteiger charge is 2.32. The molecule has 0 radical (unpaired) electrons. The number of hydrogen-bond donors (Lipinski definition) is 1. The highest BCUT2D eigenvalue weighted by Crippen LogP contribution is 2.48. The predicted molar refractivity (Wildman–Crippen MR) is 50.1 cm³/mol. The van der Waals surface area contributed by atoms with Crippen molar-refractivity contribution in [3.63, 3.8) is 0 Å². The molecule has 2 aliphatic carbocycles. The van der Waals surface area contributed by atoms with E-state index in [-0.39, 0.29) is 0 Å². The smallest absolute Gasteiger partial charge is 0.0317 e. The van der Waals surface area contributed by atoms with E-state index >= 15 is 0 Å². The molecule has 0 aromatic heterocycles. The first-order valence-corrected chi connectivity index (χ1v) is 4.42. The molecule has 0 aliphatic heterocycles. The molecule has 1 heteroatoms. The second kappa shape index (κ2) is 1.92. The first-order chi connectivity index (χ1) is 5.84. The Kier molecular flexibility index (Phi) is 1.01. The van der Waals surface area contributed by atoms with Crippen LogP contribution in [0.4, 0.5) is 5.69 Å². The van der Waals surface area contributed by atoms with Crippen LogP contribution >= 0.6 is 0 Å². The minimum Gasteiger partial charge on any atom is -0.399 e. The molecule has 0 unspecified atom stereocenters. The average molecular weight is 157 g/mol. The zero-order valence-electron chi connectivity index (χ0n) is 6.83. The van der Waals surface area contributed by atoms with E-state index in [1.807, 2.05) is 6.07 Å². The molecule has 0 fully saturated rings. The maximum atomic E-state index is 5.74. The first kappa shape index (κ1) is 6.30. The SMILES string of the molecule is Nc1ccc2c(c1)[C@H]1C=C[C@H]2C1. The molecule has 1 nitrogen and oxygen atoms in total. The lowest BCUT2D eigenvalue weighted by atomic mass is 9.96. The summed E-state index contributed by atoms with van der Waals surface area (Å²) in [6.45, 7) is 0. The van der Waals surface area contributed by atoms with E-state index in [2.05, 4.69) is 24.3 Å². The van der Waals surface area contributed by atoms with Crippen LogP contribution in [-0.2, 0) is 0 Å². The minimum atomic E-state index is 0.661. The number of benzene rings is 1. The molecule has 0 saturated heterocycles. The fraction of sp³-hybridized carbons (Fsp3) is 0.273. The van der Waals surface area contributed by atoms with Crippen LogP contribution in [0.1, 0.15) is 29.4 Å². The van der Waals surface area contributed by atoms with Gasteiger partial charge in [-0.15, -0.1) is 0 Å². The van der Waals surface area contributed by atoms with Gasteiger partial charge in [0.2, 0.25) is 0 Å². The lowest BCUT2D eigenvalue weighted by Gasteiger charge is -2.09. The van der Waals surface area contributed by atoms with E-state index < -0.39 is 0 Å². The van der Waals surface area contributed by atoms with Crippen LogP contribution < -0.4 is 5.73 Å². The molecule has 3 rings (SSSR count). The van der Waals surface area contributed by atoms with Gasteiger partial charge in [0, 0.05) is 17.5 Å². The Bertz CT molecular complexity index is 365. The summed E-state index contributed by atoms with van der Waals surface area (Å²) in [6.07, 6.45) is 5.91. The number of nitrogen functional groups attached to an aromatic ring is 1. The zero-order chi connectivity index (χ0) is 8.13. The van der Waals surface area contributed by atoms with Crippen LogP contribution in [0.3, 0.4) is 0 Å². The maximum Gasteiger partial charge on any atom is 0.0317 e. The topological polar surface area (TPSA) is 26.0 Å². The van der Waals surface area contributed by atoms with E-state index in [0.717, 1.165) is 5.69 Å². The van der Waals surface area contributed by atoms with Crippen LogP contribution in [0.25, 0.3) is 0 Å². The number of hydrogen-bond acceptors (Lipinski definition) is 1. The van der Waals surface area contributed by atoms with Gasteiger partial charge in [0.15, 0.2) is 0 Å². The molecule has 0 spiro atoms. The first-order valence-electron chi connectivity index (χ1n) is 4.42. The fourth-order valence-electron chi connectivity index (χ4n) is 2.41. The van der Waals surface area contributed by atoms with Crippen LogP contribution in [-0.4, -0.2) is 0 Å². The summed E-state index contributed by atoms with van der Waals surface area (Å²) in [6, 6.07) is 6.32. The molecular weight excluding hydrogens is 146 g/mol. The minimum absolute atomic E-state index is 0.661. The van der Waals surface area contributed by atoms with E-state index in [1.165, 1.54) is 17.5 Å². The van der Waals surface area contributed by atoms with Crippen LogP contribution in [0.2, 0.25) is 0 Å². The Hall–Kier alpha value is -1.24. The number of allylic oxidation sites excluding steroid dienone is 2. The second-order valence-corrected chi connectivity index (χ2v) is 3.72. The van der Waals surface area contributed by atoms with E-state index in [1.54, 1.807) is 0 Å². The third-order valence-corrected chi connectivity index (χ3v) is 2.99. The van der Waals surface area contributed by atoms with Gasteiger partial charge in [-0.1, -0.05) is 18.2 Å². The van der Waals surface area contributed by atoms with Crippen molar-refractivity contribution >= 4 is 5.69 Å². The lowest BCUT2D eigenvalue weighted by Crippen LogP contribution is -1.94. The molecule has 2 aliphatic rings. The normalized spacial score (nSPS) is 29.3. The zero-order valence-corrected chi connectivity index (χ0v) is 6.83. The standard InChI is InChI=1S/C11H11N/c12-9-3-4-10-7-1-2-8(5-7)11(10)6-9/h1-4,6-8H,5,12H2/t7-,8-/m0/s1. The summed E-state index contributed by atoms with van der Waals surface area (Å²) in [5, 5.41) is 0. The largest absolute Gasteiger partial charge is 0.399 e. The maximum absolute atomic E-state index is 5.74. The molecular formula is C11H11N. The molecule has 1 aromatic rings. The van der Waals surface area contributed by atoms with Crippen LogP contribution in [0.5, 0.6) is 0 Å². The molecule has 2 N–H and O–H groups in total. The molecule has 1 aromatic carbocycles.